The Hall–Kier alpha value is -2.51. The van der Waals surface area contributed by atoms with Crippen LogP contribution >= 0.6 is 0 Å². The van der Waals surface area contributed by atoms with Crippen LogP contribution in [0.3, 0.4) is 0 Å². The number of alkyl halides is 3. The van der Waals surface area contributed by atoms with Crippen LogP contribution in [-0.4, -0.2) is 29.1 Å². The molecule has 0 unspecified atom stereocenters. The predicted molar refractivity (Wildman–Crippen MR) is 81.9 cm³/mol. The normalized spacial score (nSPS) is 12.3. The molecule has 0 aliphatic heterocycles. The summed E-state index contributed by atoms with van der Waals surface area (Å²) < 4.78 is 39.4. The predicted octanol–water partition coefficient (Wildman–Crippen LogP) is 2.27. The Morgan fingerprint density at radius 2 is 1.96 bits per heavy atom. The zero-order chi connectivity index (χ0) is 16.7. The Labute approximate surface area is 132 Å². The average molecular weight is 325 g/mol. The summed E-state index contributed by atoms with van der Waals surface area (Å²) in [7, 11) is 1.64. The summed E-state index contributed by atoms with van der Waals surface area (Å²) >= 11 is 0. The molecule has 23 heavy (non-hydrogen) atoms. The van der Waals surface area contributed by atoms with Crippen molar-refractivity contribution < 1.29 is 13.2 Å². The highest BCUT2D eigenvalue weighted by Gasteiger charge is 2.29. The minimum atomic E-state index is -4.31. The van der Waals surface area contributed by atoms with Crippen LogP contribution in [-0.2, 0) is 19.3 Å². The molecule has 0 radical (unpaired) electrons. The molecule has 0 amide bonds. The fourth-order valence-corrected chi connectivity index (χ4v) is 1.94. The molecule has 0 aliphatic carbocycles. The van der Waals surface area contributed by atoms with Crippen LogP contribution in [0.15, 0.2) is 48.0 Å². The first-order valence-corrected chi connectivity index (χ1v) is 7.05. The zero-order valence-corrected chi connectivity index (χ0v) is 12.6. The van der Waals surface area contributed by atoms with E-state index >= 15 is 0 Å². The van der Waals surface area contributed by atoms with Crippen molar-refractivity contribution in [1.82, 2.24) is 20.2 Å². The molecule has 0 atom stereocenters. The van der Waals surface area contributed by atoms with Gasteiger partial charge in [-0.3, -0.25) is 4.99 Å². The average Bonchev–Trinajstić information content (AvgIpc) is 3.03. The van der Waals surface area contributed by atoms with Gasteiger partial charge in [-0.1, -0.05) is 12.1 Å². The molecule has 0 saturated carbocycles. The van der Waals surface area contributed by atoms with Crippen molar-refractivity contribution >= 4 is 5.96 Å². The number of benzene rings is 1. The summed E-state index contributed by atoms with van der Waals surface area (Å²) in [5, 5.41) is 6.18. The lowest BCUT2D eigenvalue weighted by Crippen LogP contribution is -2.38. The van der Waals surface area contributed by atoms with Crippen molar-refractivity contribution in [3.8, 4) is 0 Å². The van der Waals surface area contributed by atoms with Crippen LogP contribution in [0.2, 0.25) is 0 Å². The maximum atomic E-state index is 12.5. The van der Waals surface area contributed by atoms with Gasteiger partial charge in [0.05, 0.1) is 11.9 Å². The summed E-state index contributed by atoms with van der Waals surface area (Å²) in [5.74, 6) is 0.588. The zero-order valence-electron chi connectivity index (χ0n) is 12.6. The third kappa shape index (κ3) is 5.32. The number of nitrogens with one attached hydrogen (secondary N) is 2. The molecule has 0 saturated heterocycles. The number of halogens is 3. The van der Waals surface area contributed by atoms with Gasteiger partial charge >= 0.3 is 6.18 Å². The molecule has 0 spiro atoms. The van der Waals surface area contributed by atoms with Crippen LogP contribution in [0, 0.1) is 0 Å². The molecule has 0 fully saturated rings. The van der Waals surface area contributed by atoms with Gasteiger partial charge in [-0.05, 0) is 17.7 Å². The van der Waals surface area contributed by atoms with E-state index < -0.39 is 11.7 Å². The largest absolute Gasteiger partial charge is 0.416 e. The molecular weight excluding hydrogens is 307 g/mol. The number of aromatic nitrogens is 2. The smallest absolute Gasteiger partial charge is 0.355 e. The number of hydrogen-bond donors (Lipinski definition) is 2. The minimum absolute atomic E-state index is 0.392. The molecule has 1 heterocycles. The van der Waals surface area contributed by atoms with Gasteiger partial charge in [0.25, 0.3) is 0 Å². The molecule has 2 rings (SSSR count). The number of guanidine groups is 1. The quantitative estimate of drug-likeness (QED) is 0.655. The molecule has 0 aliphatic rings. The highest BCUT2D eigenvalue weighted by atomic mass is 19.4. The van der Waals surface area contributed by atoms with Gasteiger partial charge in [0.15, 0.2) is 5.96 Å². The van der Waals surface area contributed by atoms with Gasteiger partial charge in [-0.25, -0.2) is 4.98 Å². The maximum absolute atomic E-state index is 12.5. The first-order chi connectivity index (χ1) is 11.0. The Kier molecular flexibility index (Phi) is 5.61. The van der Waals surface area contributed by atoms with Crippen LogP contribution in [0.4, 0.5) is 13.2 Å². The summed E-state index contributed by atoms with van der Waals surface area (Å²) in [6.07, 6.45) is 0.981. The topological polar surface area (TPSA) is 54.2 Å². The standard InChI is InChI=1S/C15H18F3N5/c1-19-14(21-7-9-23-8-6-20-11-23)22-10-12-2-4-13(5-3-12)15(16,17)18/h2-6,8,11H,7,9-10H2,1H3,(H2,19,21,22). The van der Waals surface area contributed by atoms with Gasteiger partial charge in [-0.15, -0.1) is 0 Å². The lowest BCUT2D eigenvalue weighted by molar-refractivity contribution is -0.137. The minimum Gasteiger partial charge on any atom is -0.355 e. The molecule has 1 aromatic heterocycles. The SMILES string of the molecule is CN=C(NCCn1ccnc1)NCc1ccc(C(F)(F)F)cc1. The van der Waals surface area contributed by atoms with E-state index in [1.165, 1.54) is 12.1 Å². The maximum Gasteiger partial charge on any atom is 0.416 e. The summed E-state index contributed by atoms with van der Waals surface area (Å²) in [5.41, 5.74) is 0.0969. The number of aliphatic imine (C=N–C) groups is 1. The van der Waals surface area contributed by atoms with Crippen molar-refractivity contribution in [3.05, 3.63) is 54.1 Å². The fourth-order valence-electron chi connectivity index (χ4n) is 1.94. The van der Waals surface area contributed by atoms with E-state index in [-0.39, 0.29) is 0 Å². The highest BCUT2D eigenvalue weighted by Crippen LogP contribution is 2.28. The van der Waals surface area contributed by atoms with Crippen molar-refractivity contribution in [2.24, 2.45) is 4.99 Å². The molecule has 124 valence electrons. The fraction of sp³-hybridized carbons (Fsp3) is 0.333. The molecule has 0 bridgehead atoms. The van der Waals surface area contributed by atoms with Gasteiger partial charge in [0.1, 0.15) is 0 Å². The van der Waals surface area contributed by atoms with Crippen LogP contribution < -0.4 is 10.6 Å². The van der Waals surface area contributed by atoms with Crippen LogP contribution in [0.25, 0.3) is 0 Å². The lowest BCUT2D eigenvalue weighted by Gasteiger charge is -2.13. The second-order valence-corrected chi connectivity index (χ2v) is 4.85. The molecule has 5 nitrogen and oxygen atoms in total. The molecular formula is C15H18F3N5. The van der Waals surface area contributed by atoms with Crippen molar-refractivity contribution in [3.63, 3.8) is 0 Å². The molecule has 2 aromatic rings. The van der Waals surface area contributed by atoms with Gasteiger partial charge < -0.3 is 15.2 Å². The Balaban J connectivity index is 1.78. The van der Waals surface area contributed by atoms with Crippen LogP contribution in [0.1, 0.15) is 11.1 Å². The van der Waals surface area contributed by atoms with E-state index in [9.17, 15) is 13.2 Å². The van der Waals surface area contributed by atoms with E-state index in [0.717, 1.165) is 24.2 Å². The first-order valence-electron chi connectivity index (χ1n) is 7.05. The van der Waals surface area contributed by atoms with Crippen LogP contribution in [0.5, 0.6) is 0 Å². The summed E-state index contributed by atoms with van der Waals surface area (Å²) in [6, 6.07) is 5.06. The van der Waals surface area contributed by atoms with E-state index in [1.807, 2.05) is 10.8 Å². The first kappa shape index (κ1) is 16.9. The van der Waals surface area contributed by atoms with Gasteiger partial charge in [0, 0.05) is 39.1 Å². The number of nitrogens with zero attached hydrogens (tertiary/aromatic N) is 3. The second-order valence-electron chi connectivity index (χ2n) is 4.85. The molecule has 2 N–H and O–H groups in total. The third-order valence-electron chi connectivity index (χ3n) is 3.19. The Morgan fingerprint density at radius 1 is 1.22 bits per heavy atom. The van der Waals surface area contributed by atoms with Crippen molar-refractivity contribution in [2.75, 3.05) is 13.6 Å². The number of rotatable bonds is 5. The molecule has 1 aromatic carbocycles. The highest BCUT2D eigenvalue weighted by molar-refractivity contribution is 5.79. The van der Waals surface area contributed by atoms with E-state index in [4.69, 9.17) is 0 Å². The summed E-state index contributed by atoms with van der Waals surface area (Å²) in [4.78, 5) is 8.02. The summed E-state index contributed by atoms with van der Waals surface area (Å²) in [6.45, 7) is 1.78. The monoisotopic (exact) mass is 325 g/mol. The number of imidazole rings is 1. The third-order valence-corrected chi connectivity index (χ3v) is 3.19. The number of hydrogen-bond acceptors (Lipinski definition) is 2. The Bertz CT molecular complexity index is 618. The van der Waals surface area contributed by atoms with Gasteiger partial charge in [-0.2, -0.15) is 13.2 Å². The van der Waals surface area contributed by atoms with E-state index in [0.29, 0.717) is 19.0 Å². The van der Waals surface area contributed by atoms with Gasteiger partial charge in [0.2, 0.25) is 0 Å². The van der Waals surface area contributed by atoms with E-state index in [2.05, 4.69) is 20.6 Å². The lowest BCUT2D eigenvalue weighted by atomic mass is 10.1. The second kappa shape index (κ2) is 7.66. The Morgan fingerprint density at radius 3 is 2.52 bits per heavy atom. The van der Waals surface area contributed by atoms with Crippen molar-refractivity contribution in [1.29, 1.82) is 0 Å². The van der Waals surface area contributed by atoms with E-state index in [1.54, 1.807) is 19.6 Å². The van der Waals surface area contributed by atoms with Crippen molar-refractivity contribution in [2.45, 2.75) is 19.3 Å². The molecule has 8 heteroatoms.